The molecule has 1 atom stereocenters. The van der Waals surface area contributed by atoms with E-state index in [1.165, 1.54) is 24.6 Å². The monoisotopic (exact) mass is 309 g/mol. The van der Waals surface area contributed by atoms with Gasteiger partial charge >= 0.3 is 0 Å². The van der Waals surface area contributed by atoms with Gasteiger partial charge < -0.3 is 5.73 Å². The van der Waals surface area contributed by atoms with E-state index >= 15 is 0 Å². The molecule has 0 amide bonds. The minimum atomic E-state index is -3.64. The third-order valence-corrected chi connectivity index (χ3v) is 4.94. The van der Waals surface area contributed by atoms with Crippen LogP contribution >= 0.6 is 0 Å². The van der Waals surface area contributed by atoms with Crippen LogP contribution in [0.5, 0.6) is 0 Å². The summed E-state index contributed by atoms with van der Waals surface area (Å²) in [5, 5.41) is 8.77. The van der Waals surface area contributed by atoms with E-state index in [9.17, 15) is 8.42 Å². The smallest absolute Gasteiger partial charge is 0.242 e. The number of hydrogen-bond donors (Lipinski definition) is 2. The Morgan fingerprint density at radius 3 is 2.62 bits per heavy atom. The average Bonchev–Trinajstić information content (AvgIpc) is 2.42. The highest BCUT2D eigenvalue weighted by Gasteiger charge is 2.20. The van der Waals surface area contributed by atoms with Crippen LogP contribution in [-0.4, -0.2) is 14.5 Å². The van der Waals surface area contributed by atoms with Crippen LogP contribution in [0, 0.1) is 11.3 Å². The number of sulfonamides is 1. The molecule has 1 unspecified atom stereocenters. The molecule has 0 bridgehead atoms. The molecule has 116 valence electrons. The summed E-state index contributed by atoms with van der Waals surface area (Å²) in [4.78, 5) is 0.0295. The molecule has 0 saturated heterocycles. The fraction of sp³-hybridized carbons (Fsp3) is 0.533. The van der Waals surface area contributed by atoms with Gasteiger partial charge in [-0.25, -0.2) is 13.1 Å². The standard InChI is InChI=1S/C15H23N3O2S/c1-3-4-5-6-7-12(2)18-21(19,20)15-9-8-13(11-16)10-14(15)17/h8-10,12,18H,3-7,17H2,1-2H3. The topological polar surface area (TPSA) is 96.0 Å². The van der Waals surface area contributed by atoms with Gasteiger partial charge in [-0.05, 0) is 31.5 Å². The van der Waals surface area contributed by atoms with Gasteiger partial charge in [0.1, 0.15) is 4.90 Å². The van der Waals surface area contributed by atoms with Crippen molar-refractivity contribution in [1.29, 1.82) is 5.26 Å². The normalized spacial score (nSPS) is 12.8. The molecule has 0 spiro atoms. The van der Waals surface area contributed by atoms with Gasteiger partial charge in [-0.1, -0.05) is 32.6 Å². The Kier molecular flexibility index (Phi) is 6.66. The molecule has 3 N–H and O–H groups in total. The molecule has 0 aromatic heterocycles. The van der Waals surface area contributed by atoms with Crippen LogP contribution in [0.2, 0.25) is 0 Å². The first kappa shape index (κ1) is 17.5. The number of benzene rings is 1. The van der Waals surface area contributed by atoms with E-state index in [1.807, 2.05) is 13.0 Å². The van der Waals surface area contributed by atoms with E-state index in [1.54, 1.807) is 0 Å². The maximum absolute atomic E-state index is 12.3. The van der Waals surface area contributed by atoms with Crippen molar-refractivity contribution in [2.45, 2.75) is 56.9 Å². The number of nitriles is 1. The Bertz CT molecular complexity index is 606. The van der Waals surface area contributed by atoms with E-state index < -0.39 is 10.0 Å². The minimum absolute atomic E-state index is 0.0295. The number of unbranched alkanes of at least 4 members (excludes halogenated alkanes) is 3. The van der Waals surface area contributed by atoms with Crippen molar-refractivity contribution in [3.05, 3.63) is 23.8 Å². The molecular weight excluding hydrogens is 286 g/mol. The summed E-state index contributed by atoms with van der Waals surface area (Å²) in [6, 6.07) is 6.00. The molecule has 6 heteroatoms. The van der Waals surface area contributed by atoms with E-state index in [4.69, 9.17) is 11.0 Å². The number of nitrogen functional groups attached to an aromatic ring is 1. The van der Waals surface area contributed by atoms with Crippen LogP contribution in [0.15, 0.2) is 23.1 Å². The van der Waals surface area contributed by atoms with Gasteiger partial charge in [-0.15, -0.1) is 0 Å². The first-order chi connectivity index (χ1) is 9.90. The van der Waals surface area contributed by atoms with Gasteiger partial charge in [0.2, 0.25) is 10.0 Å². The number of rotatable bonds is 8. The number of anilines is 1. The molecule has 0 radical (unpaired) electrons. The molecule has 0 aliphatic heterocycles. The zero-order chi connectivity index (χ0) is 15.9. The summed E-state index contributed by atoms with van der Waals surface area (Å²) < 4.78 is 27.2. The van der Waals surface area contributed by atoms with E-state index in [2.05, 4.69) is 11.6 Å². The lowest BCUT2D eigenvalue weighted by Crippen LogP contribution is -2.33. The Hall–Kier alpha value is -1.58. The fourth-order valence-electron chi connectivity index (χ4n) is 2.13. The summed E-state index contributed by atoms with van der Waals surface area (Å²) in [5.41, 5.74) is 6.17. The molecule has 0 heterocycles. The molecule has 1 aromatic carbocycles. The number of nitrogens with one attached hydrogen (secondary N) is 1. The Morgan fingerprint density at radius 1 is 1.33 bits per heavy atom. The molecule has 0 aliphatic carbocycles. The van der Waals surface area contributed by atoms with Gasteiger partial charge in [0.25, 0.3) is 0 Å². The van der Waals surface area contributed by atoms with Crippen molar-refractivity contribution in [3.8, 4) is 6.07 Å². The van der Waals surface area contributed by atoms with Crippen molar-refractivity contribution in [2.24, 2.45) is 0 Å². The minimum Gasteiger partial charge on any atom is -0.398 e. The molecule has 0 fully saturated rings. The number of hydrogen-bond acceptors (Lipinski definition) is 4. The van der Waals surface area contributed by atoms with Gasteiger partial charge in [0.05, 0.1) is 17.3 Å². The Labute approximate surface area is 127 Å². The third-order valence-electron chi connectivity index (χ3n) is 3.28. The van der Waals surface area contributed by atoms with Gasteiger partial charge in [0, 0.05) is 6.04 Å². The summed E-state index contributed by atoms with van der Waals surface area (Å²) in [6.45, 7) is 3.99. The fourth-order valence-corrected chi connectivity index (χ4v) is 3.52. The van der Waals surface area contributed by atoms with Crippen LogP contribution in [0.4, 0.5) is 5.69 Å². The zero-order valence-electron chi connectivity index (χ0n) is 12.6. The Balaban J connectivity index is 2.71. The van der Waals surface area contributed by atoms with Crippen LogP contribution < -0.4 is 10.5 Å². The van der Waals surface area contributed by atoms with Gasteiger partial charge in [0.15, 0.2) is 0 Å². The highest BCUT2D eigenvalue weighted by Crippen LogP contribution is 2.20. The van der Waals surface area contributed by atoms with Crippen LogP contribution in [0.1, 0.15) is 51.5 Å². The predicted octanol–water partition coefficient (Wildman–Crippen LogP) is 2.78. The number of nitrogens with two attached hydrogens (primary N) is 1. The first-order valence-electron chi connectivity index (χ1n) is 7.22. The maximum Gasteiger partial charge on any atom is 0.242 e. The molecule has 0 saturated carbocycles. The highest BCUT2D eigenvalue weighted by atomic mass is 32.2. The quantitative estimate of drug-likeness (QED) is 0.570. The van der Waals surface area contributed by atoms with Crippen molar-refractivity contribution in [2.75, 3.05) is 5.73 Å². The second-order valence-electron chi connectivity index (χ2n) is 5.24. The van der Waals surface area contributed by atoms with Crippen molar-refractivity contribution < 1.29 is 8.42 Å². The number of nitrogens with zero attached hydrogens (tertiary/aromatic N) is 1. The first-order valence-corrected chi connectivity index (χ1v) is 8.71. The SMILES string of the molecule is CCCCCCC(C)NS(=O)(=O)c1ccc(C#N)cc1N. The van der Waals surface area contributed by atoms with E-state index in [-0.39, 0.29) is 16.6 Å². The molecule has 5 nitrogen and oxygen atoms in total. The van der Waals surface area contributed by atoms with Gasteiger partial charge in [-0.3, -0.25) is 0 Å². The third kappa shape index (κ3) is 5.37. The second-order valence-corrected chi connectivity index (χ2v) is 6.92. The lowest BCUT2D eigenvalue weighted by atomic mass is 10.1. The predicted molar refractivity (Wildman–Crippen MR) is 84.1 cm³/mol. The lowest BCUT2D eigenvalue weighted by Gasteiger charge is -2.15. The van der Waals surface area contributed by atoms with Crippen molar-refractivity contribution >= 4 is 15.7 Å². The molecule has 1 rings (SSSR count). The van der Waals surface area contributed by atoms with Crippen LogP contribution in [0.25, 0.3) is 0 Å². The zero-order valence-corrected chi connectivity index (χ0v) is 13.4. The van der Waals surface area contributed by atoms with E-state index in [0.29, 0.717) is 5.56 Å². The lowest BCUT2D eigenvalue weighted by molar-refractivity contribution is 0.522. The highest BCUT2D eigenvalue weighted by molar-refractivity contribution is 7.89. The van der Waals surface area contributed by atoms with Crippen molar-refractivity contribution in [1.82, 2.24) is 4.72 Å². The van der Waals surface area contributed by atoms with E-state index in [0.717, 1.165) is 25.7 Å². The molecular formula is C15H23N3O2S. The summed E-state index contributed by atoms with van der Waals surface area (Å²) in [6.07, 6.45) is 5.24. The average molecular weight is 309 g/mol. The molecule has 21 heavy (non-hydrogen) atoms. The summed E-state index contributed by atoms with van der Waals surface area (Å²) in [5.74, 6) is 0. The second kappa shape index (κ2) is 8.01. The van der Waals surface area contributed by atoms with Crippen LogP contribution in [0.3, 0.4) is 0 Å². The largest absolute Gasteiger partial charge is 0.398 e. The van der Waals surface area contributed by atoms with Gasteiger partial charge in [-0.2, -0.15) is 5.26 Å². The summed E-state index contributed by atoms with van der Waals surface area (Å²) in [7, 11) is -3.64. The Morgan fingerprint density at radius 2 is 2.05 bits per heavy atom. The molecule has 1 aromatic rings. The van der Waals surface area contributed by atoms with Crippen LogP contribution in [-0.2, 0) is 10.0 Å². The van der Waals surface area contributed by atoms with Crippen molar-refractivity contribution in [3.63, 3.8) is 0 Å². The maximum atomic E-state index is 12.3. The summed E-state index contributed by atoms with van der Waals surface area (Å²) >= 11 is 0. The molecule has 0 aliphatic rings.